The van der Waals surface area contributed by atoms with Gasteiger partial charge in [-0.3, -0.25) is 4.79 Å². The van der Waals surface area contributed by atoms with Crippen molar-refractivity contribution >= 4 is 11.9 Å². The molecule has 1 aliphatic heterocycles. The van der Waals surface area contributed by atoms with Crippen molar-refractivity contribution in [2.24, 2.45) is 4.99 Å². The monoisotopic (exact) mass is 406 g/mol. The summed E-state index contributed by atoms with van der Waals surface area (Å²) in [5.74, 6) is 1.46. The molecule has 1 aliphatic rings. The highest BCUT2D eigenvalue weighted by atomic mass is 16.2. The van der Waals surface area contributed by atoms with Crippen LogP contribution in [0, 0.1) is 0 Å². The van der Waals surface area contributed by atoms with Crippen LogP contribution in [-0.2, 0) is 17.9 Å². The van der Waals surface area contributed by atoms with E-state index in [-0.39, 0.29) is 11.9 Å². The van der Waals surface area contributed by atoms with Crippen LogP contribution >= 0.6 is 0 Å². The SMILES string of the molecule is CCNC(=NCc1cccc(CN2CCCC2=O)c1)NC(C)C(C)c1ccccc1. The summed E-state index contributed by atoms with van der Waals surface area (Å²) in [4.78, 5) is 18.6. The van der Waals surface area contributed by atoms with Gasteiger partial charge in [-0.1, -0.05) is 61.5 Å². The minimum atomic E-state index is 0.248. The quantitative estimate of drug-likeness (QED) is 0.513. The van der Waals surface area contributed by atoms with E-state index < -0.39 is 0 Å². The standard InChI is InChI=1S/C25H34N4O/c1-4-26-25(28-20(3)19(2)23-12-6-5-7-13-23)27-17-21-10-8-11-22(16-21)18-29-15-9-14-24(29)30/h5-8,10-13,16,19-20H,4,9,14-15,17-18H2,1-3H3,(H2,26,27,28). The van der Waals surface area contributed by atoms with Crippen molar-refractivity contribution in [3.63, 3.8) is 0 Å². The van der Waals surface area contributed by atoms with Gasteiger partial charge in [-0.2, -0.15) is 0 Å². The number of amides is 1. The minimum Gasteiger partial charge on any atom is -0.357 e. The number of benzene rings is 2. The van der Waals surface area contributed by atoms with E-state index >= 15 is 0 Å². The summed E-state index contributed by atoms with van der Waals surface area (Å²) < 4.78 is 0. The Morgan fingerprint density at radius 2 is 1.87 bits per heavy atom. The first-order valence-corrected chi connectivity index (χ1v) is 11.0. The predicted octanol–water partition coefficient (Wildman–Crippen LogP) is 4.06. The summed E-state index contributed by atoms with van der Waals surface area (Å²) >= 11 is 0. The van der Waals surface area contributed by atoms with Crippen molar-refractivity contribution in [2.45, 2.75) is 58.7 Å². The van der Waals surface area contributed by atoms with Gasteiger partial charge in [-0.25, -0.2) is 4.99 Å². The molecule has 2 unspecified atom stereocenters. The number of guanidine groups is 1. The summed E-state index contributed by atoms with van der Waals surface area (Å²) in [6.45, 7) is 9.49. The first-order valence-electron chi connectivity index (χ1n) is 11.0. The summed E-state index contributed by atoms with van der Waals surface area (Å²) in [5, 5.41) is 6.91. The van der Waals surface area contributed by atoms with Crippen LogP contribution in [0.25, 0.3) is 0 Å². The molecule has 0 spiro atoms. The molecule has 1 heterocycles. The Bertz CT molecular complexity index is 849. The Morgan fingerprint density at radius 3 is 2.57 bits per heavy atom. The fraction of sp³-hybridized carbons (Fsp3) is 0.440. The molecule has 30 heavy (non-hydrogen) atoms. The van der Waals surface area contributed by atoms with Crippen molar-refractivity contribution in [3.8, 4) is 0 Å². The summed E-state index contributed by atoms with van der Waals surface area (Å²) in [5.41, 5.74) is 3.64. The predicted molar refractivity (Wildman–Crippen MR) is 123 cm³/mol. The Labute approximate surface area is 180 Å². The van der Waals surface area contributed by atoms with E-state index in [1.54, 1.807) is 0 Å². The Balaban J connectivity index is 1.62. The Kier molecular flexibility index (Phi) is 7.89. The molecule has 2 N–H and O–H groups in total. The average Bonchev–Trinajstić information content (AvgIpc) is 3.17. The van der Waals surface area contributed by atoms with Crippen LogP contribution in [0.3, 0.4) is 0 Å². The van der Waals surface area contributed by atoms with Gasteiger partial charge in [0.05, 0.1) is 6.54 Å². The van der Waals surface area contributed by atoms with E-state index in [0.717, 1.165) is 31.0 Å². The molecule has 3 rings (SSSR count). The lowest BCUT2D eigenvalue weighted by Crippen LogP contribution is -2.44. The lowest BCUT2D eigenvalue weighted by molar-refractivity contribution is -0.128. The molecule has 1 saturated heterocycles. The van der Waals surface area contributed by atoms with Gasteiger partial charge in [-0.15, -0.1) is 0 Å². The van der Waals surface area contributed by atoms with Gasteiger partial charge in [0.1, 0.15) is 0 Å². The highest BCUT2D eigenvalue weighted by Crippen LogP contribution is 2.19. The molecular formula is C25H34N4O. The fourth-order valence-electron chi connectivity index (χ4n) is 3.79. The van der Waals surface area contributed by atoms with E-state index in [9.17, 15) is 4.79 Å². The smallest absolute Gasteiger partial charge is 0.222 e. The maximum Gasteiger partial charge on any atom is 0.222 e. The molecule has 1 amide bonds. The maximum absolute atomic E-state index is 11.9. The fourth-order valence-corrected chi connectivity index (χ4v) is 3.79. The molecule has 160 valence electrons. The van der Waals surface area contributed by atoms with Crippen molar-refractivity contribution in [1.82, 2.24) is 15.5 Å². The lowest BCUT2D eigenvalue weighted by atomic mass is 9.94. The first kappa shape index (κ1) is 21.9. The molecule has 5 nitrogen and oxygen atoms in total. The zero-order chi connectivity index (χ0) is 21.3. The molecule has 2 atom stereocenters. The Hall–Kier alpha value is -2.82. The molecule has 0 bridgehead atoms. The third kappa shape index (κ3) is 6.09. The molecule has 2 aromatic rings. The van der Waals surface area contributed by atoms with E-state index in [4.69, 9.17) is 4.99 Å². The van der Waals surface area contributed by atoms with Gasteiger partial charge >= 0.3 is 0 Å². The second-order valence-corrected chi connectivity index (χ2v) is 8.07. The third-order valence-corrected chi connectivity index (χ3v) is 5.74. The van der Waals surface area contributed by atoms with Crippen molar-refractivity contribution < 1.29 is 4.79 Å². The number of nitrogens with one attached hydrogen (secondary N) is 2. The highest BCUT2D eigenvalue weighted by molar-refractivity contribution is 5.80. The largest absolute Gasteiger partial charge is 0.357 e. The number of hydrogen-bond donors (Lipinski definition) is 2. The van der Waals surface area contributed by atoms with Gasteiger partial charge < -0.3 is 15.5 Å². The van der Waals surface area contributed by atoms with Gasteiger partial charge in [0, 0.05) is 38.0 Å². The molecule has 0 aliphatic carbocycles. The molecule has 1 fully saturated rings. The molecule has 0 aromatic heterocycles. The highest BCUT2D eigenvalue weighted by Gasteiger charge is 2.20. The number of likely N-dealkylation sites (tertiary alicyclic amines) is 1. The van der Waals surface area contributed by atoms with Gasteiger partial charge in [0.25, 0.3) is 0 Å². The third-order valence-electron chi connectivity index (χ3n) is 5.74. The number of carbonyl (C=O) groups excluding carboxylic acids is 1. The molecule has 2 aromatic carbocycles. The normalized spacial score (nSPS) is 16.4. The van der Waals surface area contributed by atoms with E-state index in [0.29, 0.717) is 25.4 Å². The zero-order valence-corrected chi connectivity index (χ0v) is 18.4. The number of aliphatic imine (C=N–C) groups is 1. The summed E-state index contributed by atoms with van der Waals surface area (Å²) in [7, 11) is 0. The molecule has 0 radical (unpaired) electrons. The zero-order valence-electron chi connectivity index (χ0n) is 18.4. The van der Waals surface area contributed by atoms with Crippen LogP contribution in [0.15, 0.2) is 59.6 Å². The number of hydrogen-bond acceptors (Lipinski definition) is 2. The van der Waals surface area contributed by atoms with Crippen molar-refractivity contribution in [3.05, 3.63) is 71.3 Å². The van der Waals surface area contributed by atoms with Crippen LogP contribution in [0.1, 0.15) is 56.2 Å². The number of carbonyl (C=O) groups is 1. The van der Waals surface area contributed by atoms with Crippen molar-refractivity contribution in [1.29, 1.82) is 0 Å². The van der Waals surface area contributed by atoms with E-state index in [1.807, 2.05) is 11.0 Å². The average molecular weight is 407 g/mol. The second-order valence-electron chi connectivity index (χ2n) is 8.07. The second kappa shape index (κ2) is 10.8. The Morgan fingerprint density at radius 1 is 1.10 bits per heavy atom. The topological polar surface area (TPSA) is 56.7 Å². The molecule has 0 saturated carbocycles. The first-order chi connectivity index (χ1) is 14.6. The van der Waals surface area contributed by atoms with Gasteiger partial charge in [0.15, 0.2) is 5.96 Å². The van der Waals surface area contributed by atoms with Crippen LogP contribution in [0.2, 0.25) is 0 Å². The minimum absolute atomic E-state index is 0.248. The van der Waals surface area contributed by atoms with Crippen LogP contribution < -0.4 is 10.6 Å². The van der Waals surface area contributed by atoms with Gasteiger partial charge in [-0.05, 0) is 37.0 Å². The van der Waals surface area contributed by atoms with Crippen LogP contribution in [-0.4, -0.2) is 35.9 Å². The van der Waals surface area contributed by atoms with Crippen LogP contribution in [0.4, 0.5) is 0 Å². The summed E-state index contributed by atoms with van der Waals surface area (Å²) in [6, 6.07) is 19.2. The number of nitrogens with zero attached hydrogens (tertiary/aromatic N) is 2. The molecular weight excluding hydrogens is 372 g/mol. The van der Waals surface area contributed by atoms with Crippen molar-refractivity contribution in [2.75, 3.05) is 13.1 Å². The molecule has 5 heteroatoms. The lowest BCUT2D eigenvalue weighted by Gasteiger charge is -2.24. The van der Waals surface area contributed by atoms with E-state index in [1.165, 1.54) is 11.1 Å². The van der Waals surface area contributed by atoms with E-state index in [2.05, 4.69) is 79.9 Å². The van der Waals surface area contributed by atoms with Crippen LogP contribution in [0.5, 0.6) is 0 Å². The summed E-state index contributed by atoms with van der Waals surface area (Å²) in [6.07, 6.45) is 1.65. The number of rotatable bonds is 8. The maximum atomic E-state index is 11.9. The van der Waals surface area contributed by atoms with Gasteiger partial charge in [0.2, 0.25) is 5.91 Å².